The maximum Gasteiger partial charge on any atom is 0.273 e. The average molecular weight is 347 g/mol. The molecule has 3 aromatic rings. The molecule has 0 saturated heterocycles. The number of rotatable bonds is 5. The number of aryl methyl sites for hydroxylation is 1. The predicted octanol–water partition coefficient (Wildman–Crippen LogP) is 3.34. The highest BCUT2D eigenvalue weighted by Gasteiger charge is 2.37. The summed E-state index contributed by atoms with van der Waals surface area (Å²) in [6.45, 7) is 3.96. The first-order chi connectivity index (χ1) is 12.6. The molecule has 3 aromatic heterocycles. The summed E-state index contributed by atoms with van der Waals surface area (Å²) >= 11 is 0. The van der Waals surface area contributed by atoms with Crippen molar-refractivity contribution in [2.45, 2.75) is 38.8 Å². The Morgan fingerprint density at radius 2 is 2.00 bits per heavy atom. The summed E-state index contributed by atoms with van der Waals surface area (Å²) in [6.07, 6.45) is 9.14. The van der Waals surface area contributed by atoms with Gasteiger partial charge < -0.3 is 9.47 Å². The second-order valence-corrected chi connectivity index (χ2v) is 6.62. The van der Waals surface area contributed by atoms with Crippen LogP contribution >= 0.6 is 0 Å². The van der Waals surface area contributed by atoms with Crippen LogP contribution in [0.15, 0.2) is 55.1 Å². The number of aromatic nitrogens is 4. The van der Waals surface area contributed by atoms with E-state index in [9.17, 15) is 4.79 Å². The molecule has 1 amide bonds. The number of nitrogens with zero attached hydrogens (tertiary/aromatic N) is 5. The van der Waals surface area contributed by atoms with Crippen molar-refractivity contribution in [2.24, 2.45) is 0 Å². The van der Waals surface area contributed by atoms with Gasteiger partial charge in [-0.15, -0.1) is 0 Å². The van der Waals surface area contributed by atoms with E-state index in [1.807, 2.05) is 59.8 Å². The molecule has 1 fully saturated rings. The van der Waals surface area contributed by atoms with Crippen molar-refractivity contribution in [3.05, 3.63) is 72.3 Å². The van der Waals surface area contributed by atoms with Crippen LogP contribution in [0.4, 0.5) is 0 Å². The van der Waals surface area contributed by atoms with E-state index in [0.717, 1.165) is 30.0 Å². The van der Waals surface area contributed by atoms with Crippen molar-refractivity contribution in [3.63, 3.8) is 0 Å². The van der Waals surface area contributed by atoms with Crippen LogP contribution in [-0.2, 0) is 0 Å². The van der Waals surface area contributed by atoms with Crippen molar-refractivity contribution in [3.8, 4) is 5.69 Å². The van der Waals surface area contributed by atoms with Crippen molar-refractivity contribution in [1.29, 1.82) is 0 Å². The lowest BCUT2D eigenvalue weighted by molar-refractivity contribution is 0.0664. The van der Waals surface area contributed by atoms with Crippen LogP contribution in [0.1, 0.15) is 47.8 Å². The number of imidazole rings is 1. The Labute approximate surface area is 152 Å². The first-order valence-corrected chi connectivity index (χ1v) is 8.85. The lowest BCUT2D eigenvalue weighted by atomic mass is 10.1. The van der Waals surface area contributed by atoms with E-state index in [1.54, 1.807) is 18.6 Å². The van der Waals surface area contributed by atoms with Crippen LogP contribution in [-0.4, -0.2) is 36.4 Å². The monoisotopic (exact) mass is 347 g/mol. The Morgan fingerprint density at radius 1 is 1.15 bits per heavy atom. The van der Waals surface area contributed by atoms with Crippen molar-refractivity contribution in [2.75, 3.05) is 0 Å². The van der Waals surface area contributed by atoms with Crippen molar-refractivity contribution >= 4 is 5.91 Å². The van der Waals surface area contributed by atoms with E-state index in [1.165, 1.54) is 0 Å². The van der Waals surface area contributed by atoms with Crippen molar-refractivity contribution < 1.29 is 4.79 Å². The summed E-state index contributed by atoms with van der Waals surface area (Å²) in [4.78, 5) is 28.2. The number of carbonyl (C=O) groups is 1. The molecule has 1 unspecified atom stereocenters. The Morgan fingerprint density at radius 3 is 2.65 bits per heavy atom. The minimum absolute atomic E-state index is 0.0507. The molecule has 0 N–H and O–H groups in total. The normalized spacial score (nSPS) is 14.8. The number of carbonyl (C=O) groups excluding carboxylic acids is 1. The maximum atomic E-state index is 13.3. The van der Waals surface area contributed by atoms with Gasteiger partial charge in [0.15, 0.2) is 0 Å². The molecule has 1 atom stereocenters. The fourth-order valence-electron chi connectivity index (χ4n) is 3.25. The van der Waals surface area contributed by atoms with Gasteiger partial charge in [-0.3, -0.25) is 14.8 Å². The molecule has 1 aliphatic rings. The summed E-state index contributed by atoms with van der Waals surface area (Å²) in [5.41, 5.74) is 2.24. The number of amides is 1. The molecule has 6 heteroatoms. The van der Waals surface area contributed by atoms with Crippen LogP contribution in [0.25, 0.3) is 5.69 Å². The third-order valence-electron chi connectivity index (χ3n) is 4.77. The molecule has 4 rings (SSSR count). The molecule has 6 nitrogen and oxygen atoms in total. The van der Waals surface area contributed by atoms with Crippen LogP contribution < -0.4 is 0 Å². The number of hydrogen-bond donors (Lipinski definition) is 0. The van der Waals surface area contributed by atoms with Gasteiger partial charge in [0.25, 0.3) is 5.91 Å². The van der Waals surface area contributed by atoms with Gasteiger partial charge in [0.05, 0.1) is 17.4 Å². The van der Waals surface area contributed by atoms with Gasteiger partial charge in [0.1, 0.15) is 11.5 Å². The molecule has 0 aliphatic heterocycles. The summed E-state index contributed by atoms with van der Waals surface area (Å²) in [7, 11) is 0. The SMILES string of the molecule is Cc1nccn1-c1ccnc(C(=O)N(C2CC2)C(C)c2ccccn2)c1. The maximum absolute atomic E-state index is 13.3. The van der Waals surface area contributed by atoms with Crippen LogP contribution in [0.3, 0.4) is 0 Å². The zero-order valence-corrected chi connectivity index (χ0v) is 14.9. The first kappa shape index (κ1) is 16.4. The van der Waals surface area contributed by atoms with E-state index < -0.39 is 0 Å². The number of hydrogen-bond acceptors (Lipinski definition) is 4. The molecule has 0 radical (unpaired) electrons. The highest BCUT2D eigenvalue weighted by molar-refractivity contribution is 5.93. The van der Waals surface area contributed by atoms with Gasteiger partial charge in [-0.2, -0.15) is 0 Å². The van der Waals surface area contributed by atoms with Crippen LogP contribution in [0.2, 0.25) is 0 Å². The Balaban J connectivity index is 1.66. The lowest BCUT2D eigenvalue weighted by Gasteiger charge is -2.29. The fourth-order valence-corrected chi connectivity index (χ4v) is 3.25. The van der Waals surface area contributed by atoms with E-state index in [0.29, 0.717) is 5.69 Å². The van der Waals surface area contributed by atoms with Gasteiger partial charge in [0.2, 0.25) is 0 Å². The molecular formula is C20H21N5O. The summed E-state index contributed by atoms with van der Waals surface area (Å²) in [5.74, 6) is 0.820. The zero-order valence-electron chi connectivity index (χ0n) is 14.9. The molecule has 3 heterocycles. The average Bonchev–Trinajstić information content (AvgIpc) is 3.42. The Hall–Kier alpha value is -3.02. The van der Waals surface area contributed by atoms with Gasteiger partial charge in [0, 0.05) is 30.8 Å². The topological polar surface area (TPSA) is 63.9 Å². The Kier molecular flexibility index (Phi) is 4.24. The quantitative estimate of drug-likeness (QED) is 0.710. The summed E-state index contributed by atoms with van der Waals surface area (Å²) in [5, 5.41) is 0. The smallest absolute Gasteiger partial charge is 0.273 e. The van der Waals surface area contributed by atoms with Crippen LogP contribution in [0, 0.1) is 6.92 Å². The van der Waals surface area contributed by atoms with Crippen LogP contribution in [0.5, 0.6) is 0 Å². The van der Waals surface area contributed by atoms with E-state index in [-0.39, 0.29) is 18.0 Å². The molecule has 0 aromatic carbocycles. The highest BCUT2D eigenvalue weighted by atomic mass is 16.2. The van der Waals surface area contributed by atoms with Crippen molar-refractivity contribution in [1.82, 2.24) is 24.4 Å². The van der Waals surface area contributed by atoms with Gasteiger partial charge in [-0.25, -0.2) is 4.98 Å². The second kappa shape index (κ2) is 6.71. The molecule has 1 aliphatic carbocycles. The molecule has 0 bridgehead atoms. The third kappa shape index (κ3) is 3.10. The van der Waals surface area contributed by atoms with E-state index >= 15 is 0 Å². The summed E-state index contributed by atoms with van der Waals surface area (Å²) in [6, 6.07) is 9.70. The van der Waals surface area contributed by atoms with Gasteiger partial charge in [-0.05, 0) is 51.0 Å². The summed E-state index contributed by atoms with van der Waals surface area (Å²) < 4.78 is 1.95. The minimum Gasteiger partial charge on any atom is -0.326 e. The van der Waals surface area contributed by atoms with Gasteiger partial charge >= 0.3 is 0 Å². The predicted molar refractivity (Wildman–Crippen MR) is 97.9 cm³/mol. The van der Waals surface area contributed by atoms with Gasteiger partial charge in [-0.1, -0.05) is 6.07 Å². The Bertz CT molecular complexity index is 917. The molecule has 1 saturated carbocycles. The first-order valence-electron chi connectivity index (χ1n) is 8.85. The molecular weight excluding hydrogens is 326 g/mol. The second-order valence-electron chi connectivity index (χ2n) is 6.62. The van der Waals surface area contributed by atoms with E-state index in [4.69, 9.17) is 0 Å². The molecule has 26 heavy (non-hydrogen) atoms. The molecule has 132 valence electrons. The highest BCUT2D eigenvalue weighted by Crippen LogP contribution is 2.35. The number of pyridine rings is 2. The molecule has 0 spiro atoms. The largest absolute Gasteiger partial charge is 0.326 e. The zero-order chi connectivity index (χ0) is 18.1. The standard InChI is InChI=1S/C20H21N5O/c1-14(18-5-3-4-9-22-18)25(16-6-7-16)20(26)19-13-17(8-10-23-19)24-12-11-21-15(24)2/h3-5,8-14,16H,6-7H2,1-2H3. The third-order valence-corrected chi connectivity index (χ3v) is 4.77. The van der Waals surface area contributed by atoms with E-state index in [2.05, 4.69) is 15.0 Å². The lowest BCUT2D eigenvalue weighted by Crippen LogP contribution is -2.36. The minimum atomic E-state index is -0.0864. The fraction of sp³-hybridized carbons (Fsp3) is 0.300.